The highest BCUT2D eigenvalue weighted by Crippen LogP contribution is 2.15. The summed E-state index contributed by atoms with van der Waals surface area (Å²) in [5.41, 5.74) is 8.51. The van der Waals surface area contributed by atoms with Crippen LogP contribution in [-0.4, -0.2) is 21.2 Å². The molecule has 0 atom stereocenters. The number of hydrogen-bond donors (Lipinski definition) is 1. The van der Waals surface area contributed by atoms with Crippen molar-refractivity contribution in [1.82, 2.24) is 14.6 Å². The number of para-hydroxylation sites is 1. The Morgan fingerprint density at radius 1 is 1.19 bits per heavy atom. The van der Waals surface area contributed by atoms with Gasteiger partial charge in [-0.25, -0.2) is 0 Å². The van der Waals surface area contributed by atoms with Crippen molar-refractivity contribution in [3.63, 3.8) is 0 Å². The number of ether oxygens (including phenoxy) is 1. The van der Waals surface area contributed by atoms with Crippen LogP contribution >= 0.6 is 0 Å². The van der Waals surface area contributed by atoms with Gasteiger partial charge in [-0.3, -0.25) is 4.40 Å². The molecule has 0 aliphatic rings. The normalized spacial score (nSPS) is 10.9. The number of hydrogen-bond acceptors (Lipinski definition) is 4. The number of nitrogen functional groups attached to an aromatic ring is 1. The molecule has 0 unspecified atom stereocenters. The van der Waals surface area contributed by atoms with Gasteiger partial charge in [0.05, 0.1) is 6.61 Å². The first kappa shape index (κ1) is 13.4. The Kier molecular flexibility index (Phi) is 3.73. The average molecular weight is 282 g/mol. The van der Waals surface area contributed by atoms with Gasteiger partial charge in [-0.15, -0.1) is 10.2 Å². The molecule has 0 fully saturated rings. The maximum Gasteiger partial charge on any atom is 0.163 e. The Balaban J connectivity index is 1.63. The summed E-state index contributed by atoms with van der Waals surface area (Å²) in [5, 5.41) is 8.46. The molecule has 108 valence electrons. The lowest BCUT2D eigenvalue weighted by atomic mass is 10.2. The molecule has 3 rings (SSSR count). The lowest BCUT2D eigenvalue weighted by Crippen LogP contribution is -2.03. The number of rotatable bonds is 5. The molecule has 0 aliphatic heterocycles. The molecule has 5 nitrogen and oxygen atoms in total. The van der Waals surface area contributed by atoms with Crippen LogP contribution in [0.1, 0.15) is 17.8 Å². The maximum absolute atomic E-state index is 5.88. The number of aromatic nitrogens is 3. The van der Waals surface area contributed by atoms with Crippen molar-refractivity contribution in [3.05, 3.63) is 54.0 Å². The zero-order valence-corrected chi connectivity index (χ0v) is 12.0. The number of nitrogens with two attached hydrogens (primary N) is 1. The van der Waals surface area contributed by atoms with E-state index in [2.05, 4.69) is 10.2 Å². The van der Waals surface area contributed by atoms with E-state index in [-0.39, 0.29) is 0 Å². The molecule has 1 aromatic carbocycles. The van der Waals surface area contributed by atoms with E-state index in [1.165, 1.54) is 0 Å². The molecule has 0 bridgehead atoms. The first-order valence-electron chi connectivity index (χ1n) is 7.01. The molecule has 2 heterocycles. The fourth-order valence-electron chi connectivity index (χ4n) is 2.34. The summed E-state index contributed by atoms with van der Waals surface area (Å²) in [6, 6.07) is 11.7. The number of nitrogens with zero attached hydrogens (tertiary/aromatic N) is 3. The molecule has 0 saturated carbocycles. The van der Waals surface area contributed by atoms with E-state index in [0.29, 0.717) is 6.61 Å². The van der Waals surface area contributed by atoms with Crippen molar-refractivity contribution in [1.29, 1.82) is 0 Å². The zero-order valence-electron chi connectivity index (χ0n) is 12.0. The standard InChI is InChI=1S/C16H18N4O/c1-12-10-13(17)11-20-15(18-19-16(12)20)8-5-9-21-14-6-3-2-4-7-14/h2-4,6-7,10-11H,5,8-9,17H2,1H3. The smallest absolute Gasteiger partial charge is 0.163 e. The topological polar surface area (TPSA) is 65.4 Å². The Labute approximate surface area is 123 Å². The van der Waals surface area contributed by atoms with Gasteiger partial charge in [0.15, 0.2) is 5.65 Å². The molecule has 5 heteroatoms. The van der Waals surface area contributed by atoms with E-state index in [4.69, 9.17) is 10.5 Å². The van der Waals surface area contributed by atoms with Gasteiger partial charge >= 0.3 is 0 Å². The summed E-state index contributed by atoms with van der Waals surface area (Å²) < 4.78 is 7.65. The predicted molar refractivity (Wildman–Crippen MR) is 82.4 cm³/mol. The van der Waals surface area contributed by atoms with Crippen molar-refractivity contribution in [2.45, 2.75) is 19.8 Å². The Morgan fingerprint density at radius 3 is 2.81 bits per heavy atom. The number of anilines is 1. The van der Waals surface area contributed by atoms with Crippen LogP contribution in [0.25, 0.3) is 5.65 Å². The Bertz CT molecular complexity index is 737. The summed E-state index contributed by atoms with van der Waals surface area (Å²) in [4.78, 5) is 0. The minimum Gasteiger partial charge on any atom is -0.494 e. The highest BCUT2D eigenvalue weighted by molar-refractivity contribution is 5.54. The summed E-state index contributed by atoms with van der Waals surface area (Å²) in [6.45, 7) is 2.64. The van der Waals surface area contributed by atoms with E-state index < -0.39 is 0 Å². The van der Waals surface area contributed by atoms with E-state index in [1.807, 2.05) is 53.9 Å². The third-order valence-corrected chi connectivity index (χ3v) is 3.34. The van der Waals surface area contributed by atoms with Gasteiger partial charge in [-0.1, -0.05) is 18.2 Å². The highest BCUT2D eigenvalue weighted by Gasteiger charge is 2.08. The number of benzene rings is 1. The molecule has 21 heavy (non-hydrogen) atoms. The fraction of sp³-hybridized carbons (Fsp3) is 0.250. The lowest BCUT2D eigenvalue weighted by molar-refractivity contribution is 0.309. The van der Waals surface area contributed by atoms with E-state index in [0.717, 1.165) is 41.3 Å². The van der Waals surface area contributed by atoms with Crippen LogP contribution in [0, 0.1) is 6.92 Å². The summed E-state index contributed by atoms with van der Waals surface area (Å²) in [7, 11) is 0. The molecule has 0 amide bonds. The summed E-state index contributed by atoms with van der Waals surface area (Å²) in [5.74, 6) is 1.81. The van der Waals surface area contributed by atoms with Crippen LogP contribution < -0.4 is 10.5 Å². The van der Waals surface area contributed by atoms with Gasteiger partial charge < -0.3 is 10.5 Å². The van der Waals surface area contributed by atoms with Crippen LogP contribution in [0.4, 0.5) is 5.69 Å². The molecule has 2 aromatic heterocycles. The zero-order chi connectivity index (χ0) is 14.7. The average Bonchev–Trinajstić information content (AvgIpc) is 2.88. The van der Waals surface area contributed by atoms with E-state index in [1.54, 1.807) is 0 Å². The minimum absolute atomic E-state index is 0.653. The van der Waals surface area contributed by atoms with Crippen molar-refractivity contribution < 1.29 is 4.74 Å². The van der Waals surface area contributed by atoms with Gasteiger partial charge in [0.1, 0.15) is 11.6 Å². The summed E-state index contributed by atoms with van der Waals surface area (Å²) >= 11 is 0. The first-order chi connectivity index (χ1) is 10.2. The number of aryl methyl sites for hydroxylation is 2. The first-order valence-corrected chi connectivity index (χ1v) is 7.01. The Hall–Kier alpha value is -2.56. The van der Waals surface area contributed by atoms with Crippen molar-refractivity contribution in [3.8, 4) is 5.75 Å². The second-order valence-electron chi connectivity index (χ2n) is 5.03. The SMILES string of the molecule is Cc1cc(N)cn2c(CCCOc3ccccc3)nnc12. The molecule has 0 radical (unpaired) electrons. The molecular formula is C16H18N4O. The van der Waals surface area contributed by atoms with Crippen molar-refractivity contribution in [2.24, 2.45) is 0 Å². The molecule has 0 aliphatic carbocycles. The molecule has 2 N–H and O–H groups in total. The third-order valence-electron chi connectivity index (χ3n) is 3.34. The second-order valence-corrected chi connectivity index (χ2v) is 5.03. The van der Waals surface area contributed by atoms with Crippen LogP contribution in [0.5, 0.6) is 5.75 Å². The minimum atomic E-state index is 0.653. The maximum atomic E-state index is 5.88. The highest BCUT2D eigenvalue weighted by atomic mass is 16.5. The van der Waals surface area contributed by atoms with Gasteiger partial charge in [0.25, 0.3) is 0 Å². The van der Waals surface area contributed by atoms with Crippen molar-refractivity contribution >= 4 is 11.3 Å². The summed E-state index contributed by atoms with van der Waals surface area (Å²) in [6.07, 6.45) is 3.55. The van der Waals surface area contributed by atoms with E-state index in [9.17, 15) is 0 Å². The molecule has 0 spiro atoms. The fourth-order valence-corrected chi connectivity index (χ4v) is 2.34. The monoisotopic (exact) mass is 282 g/mol. The van der Waals surface area contributed by atoms with Gasteiger partial charge in [0.2, 0.25) is 0 Å². The van der Waals surface area contributed by atoms with Crippen molar-refractivity contribution in [2.75, 3.05) is 12.3 Å². The molecule has 3 aromatic rings. The van der Waals surface area contributed by atoms with Gasteiger partial charge in [-0.05, 0) is 37.1 Å². The number of fused-ring (bicyclic) bond motifs is 1. The van der Waals surface area contributed by atoms with Crippen LogP contribution in [-0.2, 0) is 6.42 Å². The lowest BCUT2D eigenvalue weighted by Gasteiger charge is -2.06. The van der Waals surface area contributed by atoms with Crippen LogP contribution in [0.15, 0.2) is 42.6 Å². The van der Waals surface area contributed by atoms with E-state index >= 15 is 0 Å². The van der Waals surface area contributed by atoms with Crippen LogP contribution in [0.2, 0.25) is 0 Å². The van der Waals surface area contributed by atoms with Gasteiger partial charge in [0, 0.05) is 18.3 Å². The van der Waals surface area contributed by atoms with Crippen LogP contribution in [0.3, 0.4) is 0 Å². The molecule has 0 saturated heterocycles. The quantitative estimate of drug-likeness (QED) is 0.731. The number of pyridine rings is 1. The molecular weight excluding hydrogens is 264 g/mol. The second kappa shape index (κ2) is 5.83. The van der Waals surface area contributed by atoms with Gasteiger partial charge in [-0.2, -0.15) is 0 Å². The predicted octanol–water partition coefficient (Wildman–Crippen LogP) is 2.63. The largest absolute Gasteiger partial charge is 0.494 e. The third kappa shape index (κ3) is 2.97. The Morgan fingerprint density at radius 2 is 2.00 bits per heavy atom.